The maximum Gasteiger partial charge on any atom is 0.212 e. The molecule has 1 aliphatic rings. The van der Waals surface area contributed by atoms with E-state index in [1.807, 2.05) is 6.07 Å². The average molecular weight is 327 g/mol. The Morgan fingerprint density at radius 1 is 1.17 bits per heavy atom. The number of hydrogen-bond acceptors (Lipinski definition) is 3. The zero-order valence-electron chi connectivity index (χ0n) is 14.7. The Morgan fingerprint density at radius 3 is 2.71 bits per heavy atom. The summed E-state index contributed by atoms with van der Waals surface area (Å²) in [6.45, 7) is 5.45. The molecule has 1 fully saturated rings. The maximum absolute atomic E-state index is 6.10. The Hall–Kier alpha value is -1.81. The Bertz CT molecular complexity index is 603. The van der Waals surface area contributed by atoms with Crippen LogP contribution < -0.4 is 10.1 Å². The molecule has 24 heavy (non-hydrogen) atoms. The lowest BCUT2D eigenvalue weighted by Gasteiger charge is -2.22. The lowest BCUT2D eigenvalue weighted by molar-refractivity contribution is 0.245. The highest BCUT2D eigenvalue weighted by atomic mass is 16.5. The van der Waals surface area contributed by atoms with Crippen LogP contribution in [0.3, 0.4) is 0 Å². The fourth-order valence-corrected chi connectivity index (χ4v) is 3.38. The van der Waals surface area contributed by atoms with E-state index in [1.165, 1.54) is 37.7 Å². The summed E-state index contributed by atoms with van der Waals surface area (Å²) >= 11 is 0. The third-order valence-electron chi connectivity index (χ3n) is 4.74. The van der Waals surface area contributed by atoms with Crippen molar-refractivity contribution in [3.63, 3.8) is 0 Å². The van der Waals surface area contributed by atoms with E-state index in [9.17, 15) is 0 Å². The van der Waals surface area contributed by atoms with Gasteiger partial charge in [0.05, 0.1) is 5.69 Å². The number of nitrogens with one attached hydrogen (secondary N) is 1. The molecular formula is C20H29N3O. The van der Waals surface area contributed by atoms with Crippen LogP contribution in [-0.4, -0.2) is 16.3 Å². The highest BCUT2D eigenvalue weighted by Crippen LogP contribution is 2.27. The first-order valence-corrected chi connectivity index (χ1v) is 9.29. The van der Waals surface area contributed by atoms with Crippen molar-refractivity contribution < 1.29 is 4.74 Å². The number of hydrogen-bond donors (Lipinski definition) is 1. The molecule has 1 aromatic heterocycles. The summed E-state index contributed by atoms with van der Waals surface area (Å²) in [7, 11) is 0. The lowest BCUT2D eigenvalue weighted by Crippen LogP contribution is -2.17. The van der Waals surface area contributed by atoms with E-state index in [1.54, 1.807) is 0 Å². The van der Waals surface area contributed by atoms with Crippen molar-refractivity contribution in [3.05, 3.63) is 47.7 Å². The van der Waals surface area contributed by atoms with Crippen LogP contribution in [0.4, 0.5) is 0 Å². The minimum Gasteiger partial charge on any atom is -0.473 e. The van der Waals surface area contributed by atoms with Crippen LogP contribution in [-0.2, 0) is 19.7 Å². The van der Waals surface area contributed by atoms with Crippen LogP contribution in [0.15, 0.2) is 36.4 Å². The number of benzene rings is 1. The maximum atomic E-state index is 6.10. The van der Waals surface area contributed by atoms with Crippen LogP contribution in [0.5, 0.6) is 5.88 Å². The highest BCUT2D eigenvalue weighted by Gasteiger charge is 2.17. The minimum absolute atomic E-state index is 0.595. The standard InChI is InChI=1S/C20H29N3O/c1-2-21-14-19-13-20(24-16-18-11-7-4-8-12-18)23(22-19)15-17-9-5-3-6-10-17/h4,7-8,11-13,17,21H,2-3,5-6,9-10,14-16H2,1H3. The summed E-state index contributed by atoms with van der Waals surface area (Å²) in [4.78, 5) is 0. The number of nitrogens with zero attached hydrogens (tertiary/aromatic N) is 2. The van der Waals surface area contributed by atoms with Crippen LogP contribution in [0, 0.1) is 5.92 Å². The van der Waals surface area contributed by atoms with Crippen molar-refractivity contribution in [3.8, 4) is 5.88 Å². The van der Waals surface area contributed by atoms with Gasteiger partial charge in [-0.25, -0.2) is 4.68 Å². The normalized spacial score (nSPS) is 15.5. The highest BCUT2D eigenvalue weighted by molar-refractivity contribution is 5.19. The molecule has 2 aromatic rings. The Morgan fingerprint density at radius 2 is 1.96 bits per heavy atom. The molecule has 1 N–H and O–H groups in total. The van der Waals surface area contributed by atoms with Gasteiger partial charge < -0.3 is 10.1 Å². The largest absolute Gasteiger partial charge is 0.473 e. The molecule has 4 nitrogen and oxygen atoms in total. The van der Waals surface area contributed by atoms with E-state index in [2.05, 4.69) is 47.3 Å². The second kappa shape index (κ2) is 8.88. The first-order chi connectivity index (χ1) is 11.8. The molecule has 1 aromatic carbocycles. The van der Waals surface area contributed by atoms with Crippen LogP contribution in [0.2, 0.25) is 0 Å². The van der Waals surface area contributed by atoms with Gasteiger partial charge in [0.15, 0.2) is 0 Å². The van der Waals surface area contributed by atoms with Gasteiger partial charge >= 0.3 is 0 Å². The van der Waals surface area contributed by atoms with E-state index in [0.29, 0.717) is 6.61 Å². The number of aromatic nitrogens is 2. The zero-order chi connectivity index (χ0) is 16.6. The van der Waals surface area contributed by atoms with Gasteiger partial charge in [0.25, 0.3) is 0 Å². The number of ether oxygens (including phenoxy) is 1. The Kier molecular flexibility index (Phi) is 6.30. The lowest BCUT2D eigenvalue weighted by atomic mass is 9.89. The molecule has 0 aliphatic heterocycles. The van der Waals surface area contributed by atoms with Crippen molar-refractivity contribution in [2.24, 2.45) is 5.92 Å². The van der Waals surface area contributed by atoms with Crippen molar-refractivity contribution in [1.29, 1.82) is 0 Å². The molecule has 0 amide bonds. The zero-order valence-corrected chi connectivity index (χ0v) is 14.7. The molecule has 0 radical (unpaired) electrons. The molecule has 130 valence electrons. The topological polar surface area (TPSA) is 39.1 Å². The van der Waals surface area contributed by atoms with Gasteiger partial charge in [-0.1, -0.05) is 56.5 Å². The third-order valence-corrected chi connectivity index (χ3v) is 4.74. The van der Waals surface area contributed by atoms with Crippen molar-refractivity contribution >= 4 is 0 Å². The Balaban J connectivity index is 1.68. The molecule has 0 bridgehead atoms. The van der Waals surface area contributed by atoms with E-state index in [0.717, 1.165) is 37.1 Å². The third kappa shape index (κ3) is 4.84. The van der Waals surface area contributed by atoms with E-state index in [4.69, 9.17) is 9.84 Å². The fraction of sp³-hybridized carbons (Fsp3) is 0.550. The Labute approximate surface area is 145 Å². The van der Waals surface area contributed by atoms with Gasteiger partial charge in [0.1, 0.15) is 6.61 Å². The summed E-state index contributed by atoms with van der Waals surface area (Å²) in [6.07, 6.45) is 6.74. The van der Waals surface area contributed by atoms with E-state index < -0.39 is 0 Å². The predicted octanol–water partition coefficient (Wildman–Crippen LogP) is 4.15. The van der Waals surface area contributed by atoms with Crippen molar-refractivity contribution in [1.82, 2.24) is 15.1 Å². The first-order valence-electron chi connectivity index (χ1n) is 9.29. The van der Waals surface area contributed by atoms with E-state index >= 15 is 0 Å². The van der Waals surface area contributed by atoms with Gasteiger partial charge in [-0.3, -0.25) is 0 Å². The summed E-state index contributed by atoms with van der Waals surface area (Å²) in [5, 5.41) is 8.13. The van der Waals surface area contributed by atoms with E-state index in [-0.39, 0.29) is 0 Å². The molecule has 1 saturated carbocycles. The number of rotatable bonds is 8. The summed E-state index contributed by atoms with van der Waals surface area (Å²) in [5.41, 5.74) is 2.26. The molecule has 4 heteroatoms. The van der Waals surface area contributed by atoms with Gasteiger partial charge in [0.2, 0.25) is 5.88 Å². The second-order valence-electron chi connectivity index (χ2n) is 6.71. The summed E-state index contributed by atoms with van der Waals surface area (Å²) in [6, 6.07) is 12.4. The molecule has 0 unspecified atom stereocenters. The van der Waals surface area contributed by atoms with Gasteiger partial charge in [-0.05, 0) is 30.9 Å². The van der Waals surface area contributed by atoms with Crippen molar-refractivity contribution in [2.45, 2.75) is 58.7 Å². The van der Waals surface area contributed by atoms with Gasteiger partial charge in [-0.2, -0.15) is 5.10 Å². The molecule has 3 rings (SSSR count). The molecule has 0 saturated heterocycles. The van der Waals surface area contributed by atoms with Crippen LogP contribution in [0.1, 0.15) is 50.3 Å². The molecule has 0 atom stereocenters. The minimum atomic E-state index is 0.595. The van der Waals surface area contributed by atoms with Gasteiger partial charge in [0, 0.05) is 19.2 Å². The molecule has 1 aliphatic carbocycles. The fourth-order valence-electron chi connectivity index (χ4n) is 3.38. The van der Waals surface area contributed by atoms with Crippen molar-refractivity contribution in [2.75, 3.05) is 6.54 Å². The summed E-state index contributed by atoms with van der Waals surface area (Å²) < 4.78 is 8.19. The smallest absolute Gasteiger partial charge is 0.212 e. The molecular weight excluding hydrogens is 298 g/mol. The van der Waals surface area contributed by atoms with Crippen LogP contribution in [0.25, 0.3) is 0 Å². The summed E-state index contributed by atoms with van der Waals surface area (Å²) in [5.74, 6) is 1.64. The molecule has 1 heterocycles. The second-order valence-corrected chi connectivity index (χ2v) is 6.71. The quantitative estimate of drug-likeness (QED) is 0.791. The van der Waals surface area contributed by atoms with Gasteiger partial charge in [-0.15, -0.1) is 0 Å². The molecule has 0 spiro atoms. The average Bonchev–Trinajstić information content (AvgIpc) is 3.01. The predicted molar refractivity (Wildman–Crippen MR) is 97.0 cm³/mol. The first kappa shape index (κ1) is 17.0. The monoisotopic (exact) mass is 327 g/mol. The SMILES string of the molecule is CCNCc1cc(OCc2ccccc2)n(CC2CCCCC2)n1. The van der Waals surface area contributed by atoms with Crippen LogP contribution >= 0.6 is 0 Å².